The molecule has 3 rings (SSSR count). The third kappa shape index (κ3) is 1.68. The first-order chi connectivity index (χ1) is 8.25. The van der Waals surface area contributed by atoms with Gasteiger partial charge in [-0.3, -0.25) is 0 Å². The number of hydrogen-bond donors (Lipinski definition) is 2. The number of fused-ring (bicyclic) bond motifs is 1. The maximum absolute atomic E-state index is 11.1. The minimum atomic E-state index is -0.938. The molecule has 17 heavy (non-hydrogen) atoms. The number of aromatic nitrogens is 2. The quantitative estimate of drug-likeness (QED) is 0.821. The number of nitrogens with zero attached hydrogens (tertiary/aromatic N) is 2. The van der Waals surface area contributed by atoms with Crippen molar-refractivity contribution in [2.24, 2.45) is 0 Å². The fraction of sp³-hybridized carbons (Fsp3) is 0.333. The molecular weight excluding hydrogens is 218 g/mol. The van der Waals surface area contributed by atoms with Crippen LogP contribution < -0.4 is 5.32 Å². The summed E-state index contributed by atoms with van der Waals surface area (Å²) >= 11 is 0. The van der Waals surface area contributed by atoms with Crippen molar-refractivity contribution >= 4 is 11.6 Å². The predicted molar refractivity (Wildman–Crippen MR) is 62.1 cm³/mol. The van der Waals surface area contributed by atoms with Crippen LogP contribution >= 0.6 is 0 Å². The van der Waals surface area contributed by atoms with Gasteiger partial charge in [-0.1, -0.05) is 0 Å². The second-order valence-electron chi connectivity index (χ2n) is 4.27. The number of aromatic carboxylic acids is 1. The van der Waals surface area contributed by atoms with E-state index in [1.165, 1.54) is 0 Å². The number of nitrogens with one attached hydrogen (secondary N) is 1. The van der Waals surface area contributed by atoms with Crippen LogP contribution in [0.1, 0.15) is 34.9 Å². The Morgan fingerprint density at radius 1 is 1.59 bits per heavy atom. The third-order valence-electron chi connectivity index (χ3n) is 3.15. The maximum Gasteiger partial charge on any atom is 0.339 e. The Labute approximate surface area is 98.1 Å². The molecule has 88 valence electrons. The van der Waals surface area contributed by atoms with E-state index in [4.69, 9.17) is 5.11 Å². The molecule has 5 heteroatoms. The summed E-state index contributed by atoms with van der Waals surface area (Å²) in [5, 5.41) is 12.4. The molecule has 0 radical (unpaired) electrons. The van der Waals surface area contributed by atoms with Crippen LogP contribution in [0, 0.1) is 0 Å². The van der Waals surface area contributed by atoms with Crippen molar-refractivity contribution in [3.05, 3.63) is 35.8 Å². The lowest BCUT2D eigenvalue weighted by molar-refractivity contribution is 0.0698. The van der Waals surface area contributed by atoms with E-state index in [1.807, 2.05) is 12.4 Å². The molecule has 1 unspecified atom stereocenters. The van der Waals surface area contributed by atoms with E-state index in [1.54, 1.807) is 16.5 Å². The van der Waals surface area contributed by atoms with Crippen LogP contribution in [0.3, 0.4) is 0 Å². The summed E-state index contributed by atoms with van der Waals surface area (Å²) in [6.07, 6.45) is 5.94. The molecule has 0 saturated carbocycles. The molecule has 1 saturated heterocycles. The Bertz CT molecular complexity index is 570. The molecule has 3 heterocycles. The monoisotopic (exact) mass is 231 g/mol. The molecule has 2 aromatic rings. The largest absolute Gasteiger partial charge is 0.478 e. The Kier molecular flexibility index (Phi) is 2.33. The summed E-state index contributed by atoms with van der Waals surface area (Å²) in [7, 11) is 0. The highest BCUT2D eigenvalue weighted by molar-refractivity contribution is 5.94. The van der Waals surface area contributed by atoms with E-state index < -0.39 is 5.97 Å². The number of carboxylic acids is 1. The number of imidazole rings is 1. The molecule has 1 fully saturated rings. The first kappa shape index (κ1) is 10.3. The fourth-order valence-corrected chi connectivity index (χ4v) is 2.30. The summed E-state index contributed by atoms with van der Waals surface area (Å²) in [6, 6.07) is 3.57. The lowest BCUT2D eigenvalue weighted by Crippen LogP contribution is -2.12. The summed E-state index contributed by atoms with van der Waals surface area (Å²) in [5.74, 6) is -0.938. The van der Waals surface area contributed by atoms with Gasteiger partial charge in [0.2, 0.25) is 0 Å². The Morgan fingerprint density at radius 3 is 3.18 bits per heavy atom. The molecule has 0 aromatic carbocycles. The molecule has 0 amide bonds. The second kappa shape index (κ2) is 3.85. The molecule has 2 aromatic heterocycles. The number of carbonyl (C=O) groups is 1. The van der Waals surface area contributed by atoms with Crippen LogP contribution in [-0.2, 0) is 0 Å². The van der Waals surface area contributed by atoms with Crippen molar-refractivity contribution in [2.75, 3.05) is 6.54 Å². The Hall–Kier alpha value is -1.88. The van der Waals surface area contributed by atoms with Crippen molar-refractivity contribution in [3.63, 3.8) is 0 Å². The van der Waals surface area contributed by atoms with Crippen LogP contribution in [0.2, 0.25) is 0 Å². The van der Waals surface area contributed by atoms with Gasteiger partial charge in [0.25, 0.3) is 0 Å². The van der Waals surface area contributed by atoms with Gasteiger partial charge in [0.05, 0.1) is 11.7 Å². The van der Waals surface area contributed by atoms with Gasteiger partial charge in [-0.25, -0.2) is 9.78 Å². The minimum absolute atomic E-state index is 0.247. The molecule has 0 spiro atoms. The van der Waals surface area contributed by atoms with Crippen LogP contribution in [-0.4, -0.2) is 27.0 Å². The smallest absolute Gasteiger partial charge is 0.339 e. The summed E-state index contributed by atoms with van der Waals surface area (Å²) in [4.78, 5) is 15.5. The summed E-state index contributed by atoms with van der Waals surface area (Å²) < 4.78 is 1.78. The highest BCUT2D eigenvalue weighted by Crippen LogP contribution is 2.23. The highest BCUT2D eigenvalue weighted by Gasteiger charge is 2.20. The molecule has 0 aliphatic carbocycles. The van der Waals surface area contributed by atoms with E-state index in [0.717, 1.165) is 25.1 Å². The average Bonchev–Trinajstić information content (AvgIpc) is 2.96. The van der Waals surface area contributed by atoms with E-state index in [2.05, 4.69) is 10.3 Å². The number of pyridine rings is 1. The van der Waals surface area contributed by atoms with Crippen molar-refractivity contribution in [1.29, 1.82) is 0 Å². The van der Waals surface area contributed by atoms with Gasteiger partial charge in [-0.2, -0.15) is 0 Å². The van der Waals surface area contributed by atoms with Crippen LogP contribution in [0.5, 0.6) is 0 Å². The molecule has 1 atom stereocenters. The maximum atomic E-state index is 11.1. The van der Waals surface area contributed by atoms with Gasteiger partial charge in [-0.15, -0.1) is 0 Å². The van der Waals surface area contributed by atoms with Gasteiger partial charge in [0.1, 0.15) is 5.56 Å². The van der Waals surface area contributed by atoms with Gasteiger partial charge in [0.15, 0.2) is 5.65 Å². The normalized spacial score (nSPS) is 19.9. The topological polar surface area (TPSA) is 66.6 Å². The van der Waals surface area contributed by atoms with Crippen molar-refractivity contribution in [3.8, 4) is 0 Å². The molecule has 1 aliphatic heterocycles. The second-order valence-corrected chi connectivity index (χ2v) is 4.27. The van der Waals surface area contributed by atoms with Gasteiger partial charge in [-0.05, 0) is 31.5 Å². The highest BCUT2D eigenvalue weighted by atomic mass is 16.4. The van der Waals surface area contributed by atoms with Crippen molar-refractivity contribution < 1.29 is 9.90 Å². The summed E-state index contributed by atoms with van der Waals surface area (Å²) in [6.45, 7) is 1.00. The van der Waals surface area contributed by atoms with Gasteiger partial charge < -0.3 is 14.8 Å². The van der Waals surface area contributed by atoms with E-state index in [0.29, 0.717) is 5.65 Å². The lowest BCUT2D eigenvalue weighted by atomic mass is 10.2. The SMILES string of the molecule is O=C(O)c1cccn2cc(C3CCCN3)nc12. The van der Waals surface area contributed by atoms with E-state index >= 15 is 0 Å². The van der Waals surface area contributed by atoms with Crippen LogP contribution in [0.4, 0.5) is 0 Å². The fourth-order valence-electron chi connectivity index (χ4n) is 2.30. The Balaban J connectivity index is 2.11. The van der Waals surface area contributed by atoms with Gasteiger partial charge in [0, 0.05) is 12.4 Å². The first-order valence-electron chi connectivity index (χ1n) is 5.70. The molecule has 1 aliphatic rings. The third-order valence-corrected chi connectivity index (χ3v) is 3.15. The molecule has 2 N–H and O–H groups in total. The number of rotatable bonds is 2. The zero-order chi connectivity index (χ0) is 11.8. The number of hydrogen-bond acceptors (Lipinski definition) is 3. The van der Waals surface area contributed by atoms with E-state index in [9.17, 15) is 4.79 Å². The standard InChI is InChI=1S/C12H13N3O2/c16-12(17)8-3-2-6-15-7-10(14-11(8)15)9-4-1-5-13-9/h2-3,6-7,9,13H,1,4-5H2,(H,16,17). The first-order valence-corrected chi connectivity index (χ1v) is 5.70. The lowest BCUT2D eigenvalue weighted by Gasteiger charge is -2.04. The summed E-state index contributed by atoms with van der Waals surface area (Å²) in [5.41, 5.74) is 1.69. The molecule has 0 bridgehead atoms. The molecular formula is C12H13N3O2. The van der Waals surface area contributed by atoms with Gasteiger partial charge >= 0.3 is 5.97 Å². The Morgan fingerprint density at radius 2 is 2.47 bits per heavy atom. The zero-order valence-electron chi connectivity index (χ0n) is 9.26. The number of carboxylic acid groups (broad SMARTS) is 1. The van der Waals surface area contributed by atoms with Crippen LogP contribution in [0.15, 0.2) is 24.5 Å². The van der Waals surface area contributed by atoms with Crippen molar-refractivity contribution in [1.82, 2.24) is 14.7 Å². The average molecular weight is 231 g/mol. The minimum Gasteiger partial charge on any atom is -0.478 e. The zero-order valence-corrected chi connectivity index (χ0v) is 9.26. The van der Waals surface area contributed by atoms with E-state index in [-0.39, 0.29) is 11.6 Å². The molecule has 5 nitrogen and oxygen atoms in total. The van der Waals surface area contributed by atoms with Crippen molar-refractivity contribution in [2.45, 2.75) is 18.9 Å². The van der Waals surface area contributed by atoms with Crippen LogP contribution in [0.25, 0.3) is 5.65 Å². The predicted octanol–water partition coefficient (Wildman–Crippen LogP) is 1.46.